The Morgan fingerprint density at radius 1 is 1.00 bits per heavy atom. The molecule has 6 rings (SSSR count). The Kier molecular flexibility index (Phi) is 9.31. The Balaban J connectivity index is 1.60. The molecule has 2 aliphatic heterocycles. The van der Waals surface area contributed by atoms with E-state index >= 15 is 0 Å². The van der Waals surface area contributed by atoms with E-state index in [1.807, 2.05) is 13.0 Å². The van der Waals surface area contributed by atoms with Crippen molar-refractivity contribution in [3.05, 3.63) is 78.4 Å². The van der Waals surface area contributed by atoms with E-state index in [2.05, 4.69) is 86.6 Å². The number of hydrogen-bond acceptors (Lipinski definition) is 6. The summed E-state index contributed by atoms with van der Waals surface area (Å²) in [5.41, 5.74) is 9.81. The molecule has 1 unspecified atom stereocenters. The second-order valence-corrected chi connectivity index (χ2v) is 14.2. The lowest BCUT2D eigenvalue weighted by atomic mass is 9.80. The highest BCUT2D eigenvalue weighted by Gasteiger charge is 2.47. The van der Waals surface area contributed by atoms with Gasteiger partial charge in [-0.1, -0.05) is 40.3 Å². The fraction of sp³-hybridized carbons (Fsp3) is 0.450. The molecule has 0 saturated carbocycles. The standard InChI is InChI=1S/C40H50N4O5/c1-10-24-20(5)27-16-29-22(7)26(12-13-33(45)49-15-14-19(3)4)37(43-29)35-36(40(47)48-9)39(46)34-23(8)30(44-38(34)35)18-32-25(11-2)21(6)28(42-32)17-31(24)41-27/h10,16-19,22,26,36-37,41-44,46H,1,11-15H2,2-9H3/b28-17-,29-16-,32-18-/t22-,26-,36+,37?/m0/s1. The number of nitrogens with one attached hydrogen (secondary N) is 4. The molecule has 4 atom stereocenters. The maximum absolute atomic E-state index is 13.5. The Morgan fingerprint density at radius 2 is 1.71 bits per heavy atom. The Hall–Kier alpha value is -4.66. The molecule has 3 aromatic heterocycles. The molecule has 260 valence electrons. The zero-order chi connectivity index (χ0) is 35.3. The average Bonchev–Trinajstić information content (AvgIpc) is 3.80. The van der Waals surface area contributed by atoms with E-state index in [1.165, 1.54) is 18.2 Å². The van der Waals surface area contributed by atoms with Crippen LogP contribution in [0, 0.1) is 44.4 Å². The van der Waals surface area contributed by atoms with Gasteiger partial charge >= 0.3 is 11.9 Å². The van der Waals surface area contributed by atoms with Gasteiger partial charge in [-0.3, -0.25) is 9.59 Å². The first kappa shape index (κ1) is 34.2. The van der Waals surface area contributed by atoms with E-state index in [-0.39, 0.29) is 36.0 Å². The zero-order valence-electron chi connectivity index (χ0n) is 30.0. The molecule has 0 radical (unpaired) electrons. The first-order valence-corrected chi connectivity index (χ1v) is 17.5. The summed E-state index contributed by atoms with van der Waals surface area (Å²) >= 11 is 0. The average molecular weight is 667 g/mol. The van der Waals surface area contributed by atoms with Crippen molar-refractivity contribution in [1.29, 1.82) is 0 Å². The first-order valence-electron chi connectivity index (χ1n) is 17.5. The predicted octanol–water partition coefficient (Wildman–Crippen LogP) is 4.03. The second-order valence-electron chi connectivity index (χ2n) is 14.2. The molecule has 3 aliphatic rings. The molecule has 49 heavy (non-hydrogen) atoms. The third-order valence-electron chi connectivity index (χ3n) is 11.0. The van der Waals surface area contributed by atoms with Crippen molar-refractivity contribution in [2.24, 2.45) is 23.7 Å². The summed E-state index contributed by atoms with van der Waals surface area (Å²) in [6.45, 7) is 19.2. The number of H-pyrrole nitrogens is 3. The maximum Gasteiger partial charge on any atom is 0.320 e. The van der Waals surface area contributed by atoms with Crippen molar-refractivity contribution >= 4 is 47.6 Å². The fourth-order valence-corrected chi connectivity index (χ4v) is 8.04. The fourth-order valence-electron chi connectivity index (χ4n) is 8.04. The lowest BCUT2D eigenvalue weighted by Crippen LogP contribution is -2.38. The van der Waals surface area contributed by atoms with Crippen LogP contribution in [0.1, 0.15) is 91.9 Å². The van der Waals surface area contributed by atoms with Crippen molar-refractivity contribution in [2.75, 3.05) is 13.7 Å². The normalized spacial score (nSPS) is 23.3. The van der Waals surface area contributed by atoms with Gasteiger partial charge in [-0.2, -0.15) is 0 Å². The number of fused-ring (bicyclic) bond motifs is 8. The smallest absolute Gasteiger partial charge is 0.320 e. The quantitative estimate of drug-likeness (QED) is 0.219. The van der Waals surface area contributed by atoms with Gasteiger partial charge in [0, 0.05) is 56.6 Å². The van der Waals surface area contributed by atoms with Crippen LogP contribution < -0.4 is 26.6 Å². The second kappa shape index (κ2) is 13.3. The lowest BCUT2D eigenvalue weighted by Gasteiger charge is -2.26. The van der Waals surface area contributed by atoms with Gasteiger partial charge < -0.3 is 34.8 Å². The SMILES string of the molecule is C=Cc1c2[nH]c(c1C)/C=C1\NC(C3=c4[nH]c(c(C)c4=C(O)[C@@H]3C(=O)OC)/C=c3\[nH]/c(c(C)c3CC)=C\2)[C@@H](CCC(=O)OCCC(C)C)[C@@H]1C. The van der Waals surface area contributed by atoms with E-state index in [1.54, 1.807) is 0 Å². The van der Waals surface area contributed by atoms with E-state index in [0.29, 0.717) is 24.2 Å². The summed E-state index contributed by atoms with van der Waals surface area (Å²) in [5.74, 6) is -1.40. The molecule has 1 aliphatic carbocycles. The van der Waals surface area contributed by atoms with Crippen LogP contribution in [0.5, 0.6) is 0 Å². The van der Waals surface area contributed by atoms with Crippen molar-refractivity contribution in [3.8, 4) is 0 Å². The van der Waals surface area contributed by atoms with Gasteiger partial charge in [0.05, 0.1) is 25.1 Å². The van der Waals surface area contributed by atoms with E-state index < -0.39 is 11.9 Å². The van der Waals surface area contributed by atoms with Gasteiger partial charge in [0.2, 0.25) is 0 Å². The molecular formula is C40H50N4O5. The number of aliphatic hydroxyl groups excluding tert-OH is 1. The highest BCUT2D eigenvalue weighted by atomic mass is 16.5. The van der Waals surface area contributed by atoms with Crippen LogP contribution in [0.15, 0.2) is 12.3 Å². The number of aromatic amines is 3. The summed E-state index contributed by atoms with van der Waals surface area (Å²) in [6.07, 6.45) is 10.7. The topological polar surface area (TPSA) is 132 Å². The lowest BCUT2D eigenvalue weighted by molar-refractivity contribution is -0.144. The molecule has 0 amide bonds. The van der Waals surface area contributed by atoms with Crippen molar-refractivity contribution < 1.29 is 24.2 Å². The number of ether oxygens (including phenoxy) is 2. The van der Waals surface area contributed by atoms with Crippen molar-refractivity contribution in [1.82, 2.24) is 20.3 Å². The Morgan fingerprint density at radius 3 is 2.39 bits per heavy atom. The molecule has 9 heteroatoms. The number of carbonyl (C=O) groups is 2. The van der Waals surface area contributed by atoms with Crippen molar-refractivity contribution in [2.45, 2.75) is 80.2 Å². The first-order chi connectivity index (χ1) is 23.4. The van der Waals surface area contributed by atoms with Gasteiger partial charge in [0.25, 0.3) is 0 Å². The third-order valence-corrected chi connectivity index (χ3v) is 11.0. The van der Waals surface area contributed by atoms with Gasteiger partial charge in [-0.15, -0.1) is 0 Å². The zero-order valence-corrected chi connectivity index (χ0v) is 30.0. The van der Waals surface area contributed by atoms with E-state index in [9.17, 15) is 14.7 Å². The van der Waals surface area contributed by atoms with Gasteiger partial charge in [0.15, 0.2) is 0 Å². The minimum absolute atomic E-state index is 0.00885. The van der Waals surface area contributed by atoms with Crippen LogP contribution in [-0.4, -0.2) is 51.8 Å². The molecule has 5 N–H and O–H groups in total. The number of esters is 2. The van der Waals surface area contributed by atoms with E-state index in [4.69, 9.17) is 9.47 Å². The van der Waals surface area contributed by atoms with E-state index in [0.717, 1.165) is 73.9 Å². The maximum atomic E-state index is 13.5. The number of rotatable bonds is 9. The summed E-state index contributed by atoms with van der Waals surface area (Å²) in [5, 5.41) is 18.9. The van der Waals surface area contributed by atoms with Crippen molar-refractivity contribution in [3.63, 3.8) is 0 Å². The minimum Gasteiger partial charge on any atom is -0.510 e. The van der Waals surface area contributed by atoms with Gasteiger partial charge in [-0.05, 0) is 97.9 Å². The molecule has 1 fully saturated rings. The number of aromatic nitrogens is 3. The summed E-state index contributed by atoms with van der Waals surface area (Å²) in [4.78, 5) is 37.4. The van der Waals surface area contributed by atoms with Crippen LogP contribution in [0.4, 0.5) is 0 Å². The monoisotopic (exact) mass is 666 g/mol. The number of allylic oxidation sites excluding steroid dienone is 1. The van der Waals surface area contributed by atoms with Crippen LogP contribution >= 0.6 is 0 Å². The largest absolute Gasteiger partial charge is 0.510 e. The predicted molar refractivity (Wildman–Crippen MR) is 194 cm³/mol. The third kappa shape index (κ3) is 5.87. The Bertz CT molecular complexity index is 2120. The summed E-state index contributed by atoms with van der Waals surface area (Å²) in [6, 6.07) is -0.373. The molecule has 9 nitrogen and oxygen atoms in total. The molecule has 8 bridgehead atoms. The molecule has 3 aromatic rings. The van der Waals surface area contributed by atoms with Crippen LogP contribution in [0.25, 0.3) is 35.6 Å². The molecular weight excluding hydrogens is 616 g/mol. The molecule has 1 saturated heterocycles. The van der Waals surface area contributed by atoms with Crippen LogP contribution in [-0.2, 0) is 25.5 Å². The highest BCUT2D eigenvalue weighted by Crippen LogP contribution is 2.42. The minimum atomic E-state index is -0.978. The molecule has 5 heterocycles. The number of methoxy groups -OCH3 is 1. The van der Waals surface area contributed by atoms with Crippen LogP contribution in [0.2, 0.25) is 0 Å². The summed E-state index contributed by atoms with van der Waals surface area (Å²) < 4.78 is 10.9. The summed E-state index contributed by atoms with van der Waals surface area (Å²) in [7, 11) is 1.35. The Labute approximate surface area is 287 Å². The van der Waals surface area contributed by atoms with Crippen LogP contribution in [0.3, 0.4) is 0 Å². The number of carbonyl (C=O) groups excluding carboxylic acids is 2. The molecule has 0 spiro atoms. The number of aliphatic hydroxyl groups is 1. The van der Waals surface area contributed by atoms with Gasteiger partial charge in [0.1, 0.15) is 11.7 Å². The molecule has 0 aromatic carbocycles. The van der Waals surface area contributed by atoms with Gasteiger partial charge in [-0.25, -0.2) is 0 Å². The highest BCUT2D eigenvalue weighted by molar-refractivity contribution is 5.95. The number of hydrogen-bond donors (Lipinski definition) is 5.